The molecule has 0 N–H and O–H groups in total. The smallest absolute Gasteiger partial charge is 0.387 e. The number of hydrogen-bond donors (Lipinski definition) is 0. The predicted molar refractivity (Wildman–Crippen MR) is 80.3 cm³/mol. The highest BCUT2D eigenvalue weighted by Crippen LogP contribution is 2.17. The van der Waals surface area contributed by atoms with Gasteiger partial charge in [-0.25, -0.2) is 0 Å². The van der Waals surface area contributed by atoms with Crippen LogP contribution >= 0.6 is 11.6 Å². The third-order valence-corrected chi connectivity index (χ3v) is 3.22. The lowest BCUT2D eigenvalue weighted by molar-refractivity contribution is -0.0498. The Hall–Kier alpha value is -2.14. The van der Waals surface area contributed by atoms with E-state index >= 15 is 0 Å². The fraction of sp³-hybridized carbons (Fsp3) is 0.188. The van der Waals surface area contributed by atoms with Crippen molar-refractivity contribution in [3.05, 3.63) is 64.7 Å². The number of rotatable bonds is 5. The van der Waals surface area contributed by atoms with Crippen LogP contribution in [0.25, 0.3) is 0 Å². The zero-order valence-electron chi connectivity index (χ0n) is 11.8. The summed E-state index contributed by atoms with van der Waals surface area (Å²) in [6, 6.07) is 12.8. The zero-order chi connectivity index (χ0) is 16.1. The molecule has 0 aromatic heterocycles. The van der Waals surface area contributed by atoms with E-state index in [9.17, 15) is 13.6 Å². The summed E-state index contributed by atoms with van der Waals surface area (Å²) < 4.78 is 28.4. The van der Waals surface area contributed by atoms with E-state index in [1.165, 1.54) is 17.0 Å². The highest BCUT2D eigenvalue weighted by Gasteiger charge is 2.12. The van der Waals surface area contributed by atoms with Crippen molar-refractivity contribution in [1.29, 1.82) is 0 Å². The molecule has 6 heteroatoms. The largest absolute Gasteiger partial charge is 0.435 e. The number of alkyl halides is 2. The van der Waals surface area contributed by atoms with Crippen LogP contribution in [-0.4, -0.2) is 24.5 Å². The number of carbonyl (C=O) groups is 1. The van der Waals surface area contributed by atoms with Crippen molar-refractivity contribution in [2.45, 2.75) is 13.2 Å². The summed E-state index contributed by atoms with van der Waals surface area (Å²) in [5, 5.41) is 0.493. The predicted octanol–water partition coefficient (Wildman–Crippen LogP) is 4.21. The summed E-state index contributed by atoms with van der Waals surface area (Å²) in [6.45, 7) is -2.50. The van der Waals surface area contributed by atoms with Gasteiger partial charge in [-0.2, -0.15) is 8.78 Å². The van der Waals surface area contributed by atoms with Gasteiger partial charge in [-0.3, -0.25) is 4.79 Å². The van der Waals surface area contributed by atoms with Gasteiger partial charge in [0.25, 0.3) is 5.91 Å². The van der Waals surface area contributed by atoms with Gasteiger partial charge in [-0.05, 0) is 35.9 Å². The van der Waals surface area contributed by atoms with Crippen LogP contribution in [0.4, 0.5) is 8.78 Å². The quantitative estimate of drug-likeness (QED) is 0.824. The molecule has 0 aliphatic heterocycles. The molecule has 2 aromatic carbocycles. The molecule has 0 saturated carbocycles. The highest BCUT2D eigenvalue weighted by molar-refractivity contribution is 6.30. The van der Waals surface area contributed by atoms with E-state index in [1.807, 2.05) is 0 Å². The van der Waals surface area contributed by atoms with Crippen molar-refractivity contribution in [2.24, 2.45) is 0 Å². The van der Waals surface area contributed by atoms with E-state index in [0.717, 1.165) is 5.56 Å². The minimum atomic E-state index is -2.85. The molecule has 0 spiro atoms. The Labute approximate surface area is 132 Å². The molecule has 0 bridgehead atoms. The third kappa shape index (κ3) is 4.43. The maximum Gasteiger partial charge on any atom is 0.387 e. The minimum absolute atomic E-state index is 0.0857. The minimum Gasteiger partial charge on any atom is -0.435 e. The molecule has 0 atom stereocenters. The van der Waals surface area contributed by atoms with Crippen LogP contribution in [0.3, 0.4) is 0 Å². The van der Waals surface area contributed by atoms with Crippen molar-refractivity contribution in [3.8, 4) is 5.75 Å². The first kappa shape index (κ1) is 16.2. The SMILES string of the molecule is CN(Cc1ccc(OC(F)F)cc1)C(=O)c1cccc(Cl)c1. The third-order valence-electron chi connectivity index (χ3n) is 2.99. The Kier molecular flexibility index (Phi) is 5.33. The Balaban J connectivity index is 2.02. The lowest BCUT2D eigenvalue weighted by Gasteiger charge is -2.17. The molecule has 1 amide bonds. The molecular formula is C16H14ClF2NO2. The van der Waals surface area contributed by atoms with Crippen molar-refractivity contribution >= 4 is 17.5 Å². The standard InChI is InChI=1S/C16H14ClF2NO2/c1-20(15(21)12-3-2-4-13(17)9-12)10-11-5-7-14(8-6-11)22-16(18)19/h2-9,16H,10H2,1H3. The maximum atomic E-state index is 12.3. The molecular weight excluding hydrogens is 312 g/mol. The van der Waals surface area contributed by atoms with E-state index in [0.29, 0.717) is 17.1 Å². The van der Waals surface area contributed by atoms with Crippen molar-refractivity contribution in [3.63, 3.8) is 0 Å². The van der Waals surface area contributed by atoms with Gasteiger partial charge < -0.3 is 9.64 Å². The van der Waals surface area contributed by atoms with Crippen molar-refractivity contribution in [1.82, 2.24) is 4.90 Å². The summed E-state index contributed by atoms with van der Waals surface area (Å²) in [5.74, 6) is -0.0852. The molecule has 0 heterocycles. The molecule has 0 fully saturated rings. The van der Waals surface area contributed by atoms with Gasteiger partial charge in [-0.15, -0.1) is 0 Å². The maximum absolute atomic E-state index is 12.3. The lowest BCUT2D eigenvalue weighted by atomic mass is 10.1. The van der Waals surface area contributed by atoms with Crippen LogP contribution in [0.2, 0.25) is 5.02 Å². The average molecular weight is 326 g/mol. The number of hydrogen-bond acceptors (Lipinski definition) is 2. The number of benzene rings is 2. The van der Waals surface area contributed by atoms with Gasteiger partial charge in [-0.1, -0.05) is 29.8 Å². The number of carbonyl (C=O) groups excluding carboxylic acids is 1. The van der Waals surface area contributed by atoms with Crippen LogP contribution in [-0.2, 0) is 6.54 Å². The second kappa shape index (κ2) is 7.22. The molecule has 3 nitrogen and oxygen atoms in total. The molecule has 0 unspecified atom stereocenters. The first-order valence-electron chi connectivity index (χ1n) is 6.50. The van der Waals surface area contributed by atoms with Gasteiger partial charge in [0.1, 0.15) is 5.75 Å². The topological polar surface area (TPSA) is 29.5 Å². The molecule has 0 aliphatic rings. The Morgan fingerprint density at radius 3 is 2.50 bits per heavy atom. The van der Waals surface area contributed by atoms with Gasteiger partial charge in [0, 0.05) is 24.2 Å². The molecule has 0 aliphatic carbocycles. The van der Waals surface area contributed by atoms with Gasteiger partial charge in [0.05, 0.1) is 0 Å². The molecule has 0 radical (unpaired) electrons. The fourth-order valence-corrected chi connectivity index (χ4v) is 2.15. The van der Waals surface area contributed by atoms with Crippen LogP contribution < -0.4 is 4.74 Å². The van der Waals surface area contributed by atoms with E-state index in [4.69, 9.17) is 11.6 Å². The second-order valence-electron chi connectivity index (χ2n) is 4.69. The molecule has 116 valence electrons. The highest BCUT2D eigenvalue weighted by atomic mass is 35.5. The molecule has 2 rings (SSSR count). The Morgan fingerprint density at radius 2 is 1.91 bits per heavy atom. The number of amides is 1. The first-order chi connectivity index (χ1) is 10.5. The van der Waals surface area contributed by atoms with Crippen LogP contribution in [0.5, 0.6) is 5.75 Å². The van der Waals surface area contributed by atoms with Crippen LogP contribution in [0, 0.1) is 0 Å². The van der Waals surface area contributed by atoms with Crippen molar-refractivity contribution < 1.29 is 18.3 Å². The van der Waals surface area contributed by atoms with Crippen molar-refractivity contribution in [2.75, 3.05) is 7.05 Å². The normalized spacial score (nSPS) is 10.6. The monoisotopic (exact) mass is 325 g/mol. The van der Waals surface area contributed by atoms with E-state index in [2.05, 4.69) is 4.74 Å². The molecule has 0 saturated heterocycles. The first-order valence-corrected chi connectivity index (χ1v) is 6.88. The Morgan fingerprint density at radius 1 is 1.23 bits per heavy atom. The fourth-order valence-electron chi connectivity index (χ4n) is 1.96. The van der Waals surface area contributed by atoms with Crippen LogP contribution in [0.1, 0.15) is 15.9 Å². The number of ether oxygens (including phenoxy) is 1. The summed E-state index contributed by atoms with van der Waals surface area (Å²) in [5.41, 5.74) is 1.30. The van der Waals surface area contributed by atoms with Gasteiger partial charge in [0.15, 0.2) is 0 Å². The number of nitrogens with zero attached hydrogens (tertiary/aromatic N) is 1. The zero-order valence-corrected chi connectivity index (χ0v) is 12.6. The van der Waals surface area contributed by atoms with E-state index < -0.39 is 6.61 Å². The molecule has 2 aromatic rings. The summed E-state index contributed by atoms with van der Waals surface area (Å²) in [7, 11) is 1.66. The lowest BCUT2D eigenvalue weighted by Crippen LogP contribution is -2.26. The summed E-state index contributed by atoms with van der Waals surface area (Å²) in [6.07, 6.45) is 0. The Bertz CT molecular complexity index is 647. The number of halogens is 3. The second-order valence-corrected chi connectivity index (χ2v) is 5.13. The van der Waals surface area contributed by atoms with E-state index in [-0.39, 0.29) is 11.7 Å². The molecule has 22 heavy (non-hydrogen) atoms. The summed E-state index contributed by atoms with van der Waals surface area (Å²) in [4.78, 5) is 13.8. The van der Waals surface area contributed by atoms with Gasteiger partial charge >= 0.3 is 6.61 Å². The van der Waals surface area contributed by atoms with E-state index in [1.54, 1.807) is 43.4 Å². The summed E-state index contributed by atoms with van der Waals surface area (Å²) >= 11 is 5.87. The van der Waals surface area contributed by atoms with Gasteiger partial charge in [0.2, 0.25) is 0 Å². The average Bonchev–Trinajstić information content (AvgIpc) is 2.48. The van der Waals surface area contributed by atoms with Crippen LogP contribution in [0.15, 0.2) is 48.5 Å².